The summed E-state index contributed by atoms with van der Waals surface area (Å²) in [5.41, 5.74) is -0.835. The molecule has 4 fully saturated rings. The summed E-state index contributed by atoms with van der Waals surface area (Å²) >= 11 is 0. The van der Waals surface area contributed by atoms with Gasteiger partial charge >= 0.3 is 5.97 Å². The quantitative estimate of drug-likeness (QED) is 0.779. The van der Waals surface area contributed by atoms with Crippen LogP contribution >= 0.6 is 0 Å². The Morgan fingerprint density at radius 2 is 1.56 bits per heavy atom. The van der Waals surface area contributed by atoms with Crippen LogP contribution in [0.3, 0.4) is 0 Å². The second kappa shape index (κ2) is 2.88. The molecule has 4 saturated carbocycles. The number of hydrogen-bond donors (Lipinski definition) is 1. The maximum Gasteiger partial charge on any atom is 0.309 e. The minimum atomic E-state index is -0.660. The molecule has 0 spiro atoms. The van der Waals surface area contributed by atoms with E-state index in [0.29, 0.717) is 18.3 Å². The lowest BCUT2D eigenvalue weighted by molar-refractivity contribution is -0.177. The fourth-order valence-electron chi connectivity index (χ4n) is 4.92. The highest BCUT2D eigenvalue weighted by Gasteiger charge is 2.62. The van der Waals surface area contributed by atoms with Crippen molar-refractivity contribution in [1.82, 2.24) is 0 Å². The average Bonchev–Trinajstić information content (AvgIpc) is 2.14. The second-order valence-corrected chi connectivity index (χ2v) is 6.38. The predicted molar refractivity (Wildman–Crippen MR) is 57.9 cm³/mol. The van der Waals surface area contributed by atoms with E-state index in [1.54, 1.807) is 6.92 Å². The highest BCUT2D eigenvalue weighted by atomic mass is 16.4. The predicted octanol–water partition coefficient (Wildman–Crippen LogP) is 2.25. The van der Waals surface area contributed by atoms with E-state index in [9.17, 15) is 14.7 Å². The molecule has 4 aliphatic carbocycles. The molecule has 0 aromatic rings. The molecule has 1 N–H and O–H groups in total. The van der Waals surface area contributed by atoms with Gasteiger partial charge in [0.05, 0.1) is 5.41 Å². The van der Waals surface area contributed by atoms with Gasteiger partial charge in [-0.05, 0) is 57.3 Å². The molecule has 0 unspecified atom stereocenters. The lowest BCUT2D eigenvalue weighted by atomic mass is 9.43. The molecule has 4 bridgehead atoms. The number of carbonyl (C=O) groups is 2. The van der Waals surface area contributed by atoms with Gasteiger partial charge in [-0.15, -0.1) is 0 Å². The van der Waals surface area contributed by atoms with Crippen molar-refractivity contribution in [3.8, 4) is 0 Å². The number of aliphatic carboxylic acids is 1. The zero-order chi connectivity index (χ0) is 11.6. The second-order valence-electron chi connectivity index (χ2n) is 6.38. The highest BCUT2D eigenvalue weighted by molar-refractivity contribution is 5.85. The first kappa shape index (κ1) is 10.3. The van der Waals surface area contributed by atoms with Gasteiger partial charge in [-0.25, -0.2) is 0 Å². The van der Waals surface area contributed by atoms with Crippen LogP contribution in [-0.4, -0.2) is 16.9 Å². The fraction of sp³-hybridized carbons (Fsp3) is 0.846. The van der Waals surface area contributed by atoms with Gasteiger partial charge in [0.1, 0.15) is 5.78 Å². The van der Waals surface area contributed by atoms with Crippen LogP contribution in [-0.2, 0) is 9.59 Å². The Hall–Kier alpha value is -0.860. The Balaban J connectivity index is 2.03. The molecule has 2 atom stereocenters. The molecule has 0 amide bonds. The summed E-state index contributed by atoms with van der Waals surface area (Å²) in [5.74, 6) is 0.543. The number of carboxylic acid groups (broad SMARTS) is 1. The first-order chi connectivity index (χ1) is 7.46. The maximum atomic E-state index is 11.9. The summed E-state index contributed by atoms with van der Waals surface area (Å²) in [6.45, 7) is 1.66. The van der Waals surface area contributed by atoms with Crippen LogP contribution in [0.2, 0.25) is 0 Å². The van der Waals surface area contributed by atoms with Crippen LogP contribution in [0.5, 0.6) is 0 Å². The van der Waals surface area contributed by atoms with Crippen molar-refractivity contribution in [2.75, 3.05) is 0 Å². The lowest BCUT2D eigenvalue weighted by Crippen LogP contribution is -2.57. The summed E-state index contributed by atoms with van der Waals surface area (Å²) in [6.07, 6.45) is 5.30. The normalized spacial score (nSPS) is 49.3. The Morgan fingerprint density at radius 3 is 2.00 bits per heavy atom. The van der Waals surface area contributed by atoms with E-state index in [4.69, 9.17) is 0 Å². The molecular weight excluding hydrogens is 204 g/mol. The summed E-state index contributed by atoms with van der Waals surface area (Å²) in [4.78, 5) is 23.4. The molecule has 4 aliphatic rings. The number of hydrogen-bond acceptors (Lipinski definition) is 2. The van der Waals surface area contributed by atoms with Gasteiger partial charge in [0, 0.05) is 5.41 Å². The molecule has 0 heterocycles. The van der Waals surface area contributed by atoms with E-state index in [0.717, 1.165) is 32.1 Å². The van der Waals surface area contributed by atoms with Crippen molar-refractivity contribution in [3.05, 3.63) is 0 Å². The molecule has 0 radical (unpaired) electrons. The van der Waals surface area contributed by atoms with Gasteiger partial charge in [0.15, 0.2) is 0 Å². The summed E-state index contributed by atoms with van der Waals surface area (Å²) in [6, 6.07) is 0. The van der Waals surface area contributed by atoms with Gasteiger partial charge in [0.2, 0.25) is 0 Å². The monoisotopic (exact) mass is 222 g/mol. The van der Waals surface area contributed by atoms with Gasteiger partial charge in [-0.2, -0.15) is 0 Å². The third-order valence-electron chi connectivity index (χ3n) is 5.26. The van der Waals surface area contributed by atoms with E-state index in [1.807, 2.05) is 0 Å². The number of ketones is 1. The summed E-state index contributed by atoms with van der Waals surface area (Å²) in [7, 11) is 0. The molecule has 0 aromatic heterocycles. The third kappa shape index (κ3) is 1.14. The van der Waals surface area contributed by atoms with Gasteiger partial charge < -0.3 is 5.11 Å². The van der Waals surface area contributed by atoms with Gasteiger partial charge in [-0.1, -0.05) is 0 Å². The largest absolute Gasteiger partial charge is 0.481 e. The van der Waals surface area contributed by atoms with Crippen molar-refractivity contribution in [2.24, 2.45) is 22.7 Å². The van der Waals surface area contributed by atoms with Crippen molar-refractivity contribution in [2.45, 2.75) is 45.4 Å². The van der Waals surface area contributed by atoms with Crippen LogP contribution in [0.15, 0.2) is 0 Å². The number of rotatable bonds is 2. The Morgan fingerprint density at radius 1 is 1.06 bits per heavy atom. The van der Waals surface area contributed by atoms with Crippen LogP contribution in [0.4, 0.5) is 0 Å². The van der Waals surface area contributed by atoms with E-state index < -0.39 is 11.4 Å². The molecule has 3 nitrogen and oxygen atoms in total. The number of carbonyl (C=O) groups excluding carboxylic acids is 1. The van der Waals surface area contributed by atoms with E-state index >= 15 is 0 Å². The van der Waals surface area contributed by atoms with E-state index in [1.165, 1.54) is 0 Å². The Kier molecular flexibility index (Phi) is 1.85. The third-order valence-corrected chi connectivity index (χ3v) is 5.26. The van der Waals surface area contributed by atoms with E-state index in [2.05, 4.69) is 0 Å². The number of Topliss-reactive ketones (excluding diaryl/α,β-unsaturated/α-hetero) is 1. The first-order valence-corrected chi connectivity index (χ1v) is 6.20. The van der Waals surface area contributed by atoms with Gasteiger partial charge in [0.25, 0.3) is 0 Å². The summed E-state index contributed by atoms with van der Waals surface area (Å²) in [5, 5.41) is 9.46. The highest BCUT2D eigenvalue weighted by Crippen LogP contribution is 2.65. The smallest absolute Gasteiger partial charge is 0.309 e. The molecule has 88 valence electrons. The standard InChI is InChI=1S/C13H18O3/c1-8(14)12-3-9-2-10(4-12)6-13(5-9,7-12)11(15)16/h9-10H,2-7H2,1H3,(H,15,16)/t9-,10-,12?,13?/m0/s1. The molecule has 3 heteroatoms. The summed E-state index contributed by atoms with van der Waals surface area (Å²) < 4.78 is 0. The molecule has 4 rings (SSSR count). The lowest BCUT2D eigenvalue weighted by Gasteiger charge is -2.59. The number of carboxylic acids is 1. The first-order valence-electron chi connectivity index (χ1n) is 6.20. The van der Waals surface area contributed by atoms with Crippen molar-refractivity contribution < 1.29 is 14.7 Å². The topological polar surface area (TPSA) is 54.4 Å². The maximum absolute atomic E-state index is 11.9. The van der Waals surface area contributed by atoms with Crippen molar-refractivity contribution in [1.29, 1.82) is 0 Å². The molecule has 0 aromatic carbocycles. The van der Waals surface area contributed by atoms with Crippen LogP contribution in [0, 0.1) is 22.7 Å². The fourth-order valence-corrected chi connectivity index (χ4v) is 4.92. The van der Waals surface area contributed by atoms with Gasteiger partial charge in [-0.3, -0.25) is 9.59 Å². The molecule has 0 aliphatic heterocycles. The molecular formula is C13H18O3. The SMILES string of the molecule is CC(=O)C12C[C@@H]3C[C@@H](C1)CC(C(=O)O)(C3)C2. The Labute approximate surface area is 95.2 Å². The average molecular weight is 222 g/mol. The zero-order valence-electron chi connectivity index (χ0n) is 9.66. The molecule has 0 saturated heterocycles. The zero-order valence-corrected chi connectivity index (χ0v) is 9.66. The van der Waals surface area contributed by atoms with Crippen LogP contribution in [0.1, 0.15) is 45.4 Å². The van der Waals surface area contributed by atoms with E-state index in [-0.39, 0.29) is 11.2 Å². The minimum absolute atomic E-state index is 0.229. The Bertz CT molecular complexity index is 325. The minimum Gasteiger partial charge on any atom is -0.481 e. The van der Waals surface area contributed by atoms with Crippen molar-refractivity contribution in [3.63, 3.8) is 0 Å². The van der Waals surface area contributed by atoms with Crippen molar-refractivity contribution >= 4 is 11.8 Å². The van der Waals surface area contributed by atoms with Crippen LogP contribution in [0.25, 0.3) is 0 Å². The molecule has 16 heavy (non-hydrogen) atoms. The van der Waals surface area contributed by atoms with Crippen LogP contribution < -0.4 is 0 Å².